The van der Waals surface area contributed by atoms with E-state index in [0.717, 1.165) is 19.4 Å². The smallest absolute Gasteiger partial charge is 0.333 e. The number of aryl methyl sites for hydroxylation is 1. The summed E-state index contributed by atoms with van der Waals surface area (Å²) >= 11 is 0. The number of nitrogens with zero attached hydrogens (tertiary/aromatic N) is 4. The normalized spacial score (nSPS) is 19.6. The Morgan fingerprint density at radius 2 is 2.25 bits per heavy atom. The average molecular weight is 282 g/mol. The van der Waals surface area contributed by atoms with Crippen molar-refractivity contribution in [3.8, 4) is 0 Å². The van der Waals surface area contributed by atoms with Crippen molar-refractivity contribution in [3.63, 3.8) is 0 Å². The van der Waals surface area contributed by atoms with Gasteiger partial charge in [-0.05, 0) is 39.5 Å². The summed E-state index contributed by atoms with van der Waals surface area (Å²) in [5, 5.41) is 25.0. The summed E-state index contributed by atoms with van der Waals surface area (Å²) < 4.78 is 1.73. The lowest BCUT2D eigenvalue weighted by Gasteiger charge is -2.33. The van der Waals surface area contributed by atoms with Gasteiger partial charge in [0.1, 0.15) is 5.69 Å². The maximum atomic E-state index is 11.3. The zero-order chi connectivity index (χ0) is 14.9. The zero-order valence-corrected chi connectivity index (χ0v) is 12.2. The van der Waals surface area contributed by atoms with Crippen molar-refractivity contribution in [2.75, 3.05) is 24.6 Å². The molecule has 2 heterocycles. The van der Waals surface area contributed by atoms with Crippen LogP contribution in [0.2, 0.25) is 0 Å². The van der Waals surface area contributed by atoms with Gasteiger partial charge in [0.05, 0.1) is 4.92 Å². The minimum absolute atomic E-state index is 0.0619. The molecule has 2 rings (SSSR count). The van der Waals surface area contributed by atoms with E-state index in [1.54, 1.807) is 11.6 Å². The maximum Gasteiger partial charge on any atom is 0.333 e. The van der Waals surface area contributed by atoms with Gasteiger partial charge in [-0.1, -0.05) is 0 Å². The van der Waals surface area contributed by atoms with Crippen molar-refractivity contribution in [2.24, 2.45) is 5.92 Å². The lowest BCUT2D eigenvalue weighted by atomic mass is 9.99. The molecule has 1 aliphatic heterocycles. The number of piperidine rings is 1. The number of aliphatic hydroxyl groups is 1. The summed E-state index contributed by atoms with van der Waals surface area (Å²) in [7, 11) is 0. The maximum absolute atomic E-state index is 11.3. The topological polar surface area (TPSA) is 84.4 Å². The first kappa shape index (κ1) is 14.8. The fraction of sp³-hybridized carbons (Fsp3) is 0.769. The molecule has 1 aromatic heterocycles. The highest BCUT2D eigenvalue weighted by atomic mass is 16.6. The van der Waals surface area contributed by atoms with Crippen molar-refractivity contribution in [2.45, 2.75) is 39.7 Å². The summed E-state index contributed by atoms with van der Waals surface area (Å²) in [6, 6.07) is 0.0619. The Labute approximate surface area is 118 Å². The Morgan fingerprint density at radius 1 is 1.55 bits per heavy atom. The molecule has 1 atom stereocenters. The monoisotopic (exact) mass is 282 g/mol. The van der Waals surface area contributed by atoms with Crippen LogP contribution in [0.5, 0.6) is 0 Å². The van der Waals surface area contributed by atoms with E-state index in [0.29, 0.717) is 18.1 Å². The van der Waals surface area contributed by atoms with E-state index in [-0.39, 0.29) is 29.2 Å². The standard InChI is InChI=1S/C13H22N4O3/c1-9(2)16-13(12(17(19)20)10(3)14-16)15-6-4-5-11(7-15)8-18/h9,11,18H,4-8H2,1-3H3. The van der Waals surface area contributed by atoms with E-state index in [2.05, 4.69) is 5.10 Å². The second-order valence-corrected chi connectivity index (χ2v) is 5.69. The summed E-state index contributed by atoms with van der Waals surface area (Å²) in [4.78, 5) is 13.0. The molecule has 0 aromatic carbocycles. The molecule has 0 bridgehead atoms. The fourth-order valence-corrected chi connectivity index (χ4v) is 2.80. The second-order valence-electron chi connectivity index (χ2n) is 5.69. The van der Waals surface area contributed by atoms with Crippen LogP contribution in [-0.2, 0) is 0 Å². The van der Waals surface area contributed by atoms with Gasteiger partial charge in [0.25, 0.3) is 0 Å². The number of aromatic nitrogens is 2. The van der Waals surface area contributed by atoms with E-state index in [9.17, 15) is 15.2 Å². The summed E-state index contributed by atoms with van der Waals surface area (Å²) in [5.74, 6) is 0.764. The largest absolute Gasteiger partial charge is 0.396 e. The third-order valence-electron chi connectivity index (χ3n) is 3.78. The number of nitro groups is 1. The Bertz CT molecular complexity index is 498. The van der Waals surface area contributed by atoms with Gasteiger partial charge in [-0.15, -0.1) is 0 Å². The molecule has 0 amide bonds. The Morgan fingerprint density at radius 3 is 2.80 bits per heavy atom. The van der Waals surface area contributed by atoms with Crippen molar-refractivity contribution in [1.82, 2.24) is 9.78 Å². The van der Waals surface area contributed by atoms with E-state index in [1.807, 2.05) is 18.7 Å². The first-order chi connectivity index (χ1) is 9.45. The molecule has 1 fully saturated rings. The molecule has 0 aliphatic carbocycles. The molecule has 1 unspecified atom stereocenters. The van der Waals surface area contributed by atoms with E-state index < -0.39 is 0 Å². The average Bonchev–Trinajstić information content (AvgIpc) is 2.76. The predicted molar refractivity (Wildman–Crippen MR) is 76.0 cm³/mol. The van der Waals surface area contributed by atoms with Gasteiger partial charge >= 0.3 is 5.69 Å². The van der Waals surface area contributed by atoms with E-state index >= 15 is 0 Å². The predicted octanol–water partition coefficient (Wildman–Crippen LogP) is 1.89. The lowest BCUT2D eigenvalue weighted by molar-refractivity contribution is -0.384. The van der Waals surface area contributed by atoms with E-state index in [4.69, 9.17) is 0 Å². The van der Waals surface area contributed by atoms with Crippen LogP contribution in [0.25, 0.3) is 0 Å². The fourth-order valence-electron chi connectivity index (χ4n) is 2.80. The number of hydrogen-bond donors (Lipinski definition) is 1. The second kappa shape index (κ2) is 5.78. The van der Waals surface area contributed by atoms with Crippen molar-refractivity contribution in [3.05, 3.63) is 15.8 Å². The highest BCUT2D eigenvalue weighted by molar-refractivity contribution is 5.61. The van der Waals surface area contributed by atoms with Crippen LogP contribution in [0.15, 0.2) is 0 Å². The summed E-state index contributed by atoms with van der Waals surface area (Å²) in [5.41, 5.74) is 0.544. The van der Waals surface area contributed by atoms with Crippen LogP contribution in [-0.4, -0.2) is 39.5 Å². The highest BCUT2D eigenvalue weighted by Crippen LogP contribution is 2.35. The van der Waals surface area contributed by atoms with Crippen LogP contribution >= 0.6 is 0 Å². The highest BCUT2D eigenvalue weighted by Gasteiger charge is 2.32. The van der Waals surface area contributed by atoms with Gasteiger partial charge < -0.3 is 10.0 Å². The van der Waals surface area contributed by atoms with Gasteiger partial charge in [0, 0.05) is 25.7 Å². The van der Waals surface area contributed by atoms with Crippen LogP contribution in [0.4, 0.5) is 11.5 Å². The Hall–Kier alpha value is -1.63. The SMILES string of the molecule is Cc1nn(C(C)C)c(N2CCCC(CO)C2)c1[N+](=O)[O-]. The van der Waals surface area contributed by atoms with Gasteiger partial charge in [-0.2, -0.15) is 5.10 Å². The minimum atomic E-state index is -0.348. The zero-order valence-electron chi connectivity index (χ0n) is 12.2. The molecule has 112 valence electrons. The molecule has 0 radical (unpaired) electrons. The third-order valence-corrected chi connectivity index (χ3v) is 3.78. The third kappa shape index (κ3) is 2.63. The van der Waals surface area contributed by atoms with Gasteiger partial charge in [-0.25, -0.2) is 4.68 Å². The van der Waals surface area contributed by atoms with Gasteiger partial charge in [0.2, 0.25) is 5.82 Å². The molecular formula is C13H22N4O3. The molecular weight excluding hydrogens is 260 g/mol. The number of hydrogen-bond acceptors (Lipinski definition) is 5. The van der Waals surface area contributed by atoms with Crippen molar-refractivity contribution < 1.29 is 10.0 Å². The molecule has 0 saturated carbocycles. The quantitative estimate of drug-likeness (QED) is 0.673. The van der Waals surface area contributed by atoms with Crippen LogP contribution in [0.1, 0.15) is 38.4 Å². The van der Waals surface area contributed by atoms with Crippen LogP contribution in [0.3, 0.4) is 0 Å². The first-order valence-electron chi connectivity index (χ1n) is 7.05. The van der Waals surface area contributed by atoms with Crippen molar-refractivity contribution >= 4 is 11.5 Å². The molecule has 20 heavy (non-hydrogen) atoms. The molecule has 1 aromatic rings. The van der Waals surface area contributed by atoms with E-state index in [1.165, 1.54) is 0 Å². The Kier molecular flexibility index (Phi) is 4.27. The number of anilines is 1. The molecule has 7 heteroatoms. The first-order valence-corrected chi connectivity index (χ1v) is 7.05. The number of aliphatic hydroxyl groups excluding tert-OH is 1. The molecule has 0 spiro atoms. The molecule has 1 N–H and O–H groups in total. The van der Waals surface area contributed by atoms with Gasteiger partial charge in [0.15, 0.2) is 0 Å². The summed E-state index contributed by atoms with van der Waals surface area (Å²) in [6.45, 7) is 7.15. The molecule has 7 nitrogen and oxygen atoms in total. The van der Waals surface area contributed by atoms with Crippen molar-refractivity contribution in [1.29, 1.82) is 0 Å². The number of rotatable bonds is 4. The lowest BCUT2D eigenvalue weighted by Crippen LogP contribution is -2.38. The Balaban J connectivity index is 2.44. The summed E-state index contributed by atoms with van der Waals surface area (Å²) in [6.07, 6.45) is 1.90. The molecule has 1 aliphatic rings. The van der Waals surface area contributed by atoms with Crippen LogP contribution < -0.4 is 4.90 Å². The van der Waals surface area contributed by atoms with Crippen LogP contribution in [0, 0.1) is 23.0 Å². The van der Waals surface area contributed by atoms with Gasteiger partial charge in [-0.3, -0.25) is 10.1 Å². The minimum Gasteiger partial charge on any atom is -0.396 e. The molecule has 1 saturated heterocycles.